The molecule has 0 spiro atoms. The number of hydrogen-bond acceptors (Lipinski definition) is 3. The predicted octanol–water partition coefficient (Wildman–Crippen LogP) is 1.36. The summed E-state index contributed by atoms with van der Waals surface area (Å²) in [6.45, 7) is -0.337. The monoisotopic (exact) mass is 332 g/mol. The van der Waals surface area contributed by atoms with E-state index >= 15 is 0 Å². The van der Waals surface area contributed by atoms with Crippen LogP contribution in [-0.2, 0) is 14.4 Å². The number of nitrogens with two attached hydrogens (primary N) is 1. The van der Waals surface area contributed by atoms with Gasteiger partial charge in [0.25, 0.3) is 0 Å². The van der Waals surface area contributed by atoms with Gasteiger partial charge in [-0.1, -0.05) is 48.5 Å². The van der Waals surface area contributed by atoms with Gasteiger partial charge in [0.05, 0.1) is 11.8 Å². The van der Waals surface area contributed by atoms with Crippen LogP contribution in [0, 0.1) is 11.8 Å². The van der Waals surface area contributed by atoms with E-state index in [0.717, 1.165) is 27.2 Å². The van der Waals surface area contributed by atoms with Crippen molar-refractivity contribution in [3.8, 4) is 0 Å². The third-order valence-corrected chi connectivity index (χ3v) is 5.85. The molecule has 1 aliphatic heterocycles. The van der Waals surface area contributed by atoms with Crippen LogP contribution in [0.5, 0.6) is 0 Å². The molecule has 1 saturated heterocycles. The van der Waals surface area contributed by atoms with E-state index in [-0.39, 0.29) is 30.2 Å². The van der Waals surface area contributed by atoms with E-state index < -0.39 is 17.7 Å². The Morgan fingerprint density at radius 3 is 1.48 bits per heavy atom. The second kappa shape index (κ2) is 4.79. The first kappa shape index (κ1) is 14.4. The minimum atomic E-state index is -0.664. The highest BCUT2D eigenvalue weighted by molar-refractivity contribution is 6.09. The van der Waals surface area contributed by atoms with Gasteiger partial charge in [-0.15, -0.1) is 0 Å². The summed E-state index contributed by atoms with van der Waals surface area (Å²) in [6, 6.07) is 16.1. The van der Waals surface area contributed by atoms with Crippen molar-refractivity contribution in [3.05, 3.63) is 70.8 Å². The second-order valence-corrected chi connectivity index (χ2v) is 6.99. The largest absolute Gasteiger partial charge is 0.368 e. The highest BCUT2D eigenvalue weighted by atomic mass is 16.2. The van der Waals surface area contributed by atoms with Crippen molar-refractivity contribution in [2.75, 3.05) is 6.54 Å². The van der Waals surface area contributed by atoms with Crippen molar-refractivity contribution in [2.24, 2.45) is 17.6 Å². The summed E-state index contributed by atoms with van der Waals surface area (Å²) < 4.78 is 0. The number of hydrogen-bond donors (Lipinski definition) is 1. The number of carbonyl (C=O) groups excluding carboxylic acids is 3. The summed E-state index contributed by atoms with van der Waals surface area (Å²) in [4.78, 5) is 38.4. The fraction of sp³-hybridized carbons (Fsp3) is 0.250. The maximum Gasteiger partial charge on any atom is 0.237 e. The molecule has 2 N–H and O–H groups in total. The van der Waals surface area contributed by atoms with Crippen LogP contribution in [0.3, 0.4) is 0 Å². The van der Waals surface area contributed by atoms with Gasteiger partial charge < -0.3 is 5.73 Å². The quantitative estimate of drug-likeness (QED) is 0.843. The number of carbonyl (C=O) groups is 3. The lowest BCUT2D eigenvalue weighted by Gasteiger charge is -2.45. The number of nitrogens with zero attached hydrogens (tertiary/aromatic N) is 1. The number of primary amides is 1. The van der Waals surface area contributed by atoms with Crippen LogP contribution in [0.1, 0.15) is 34.1 Å². The molecule has 5 heteroatoms. The summed E-state index contributed by atoms with van der Waals surface area (Å²) >= 11 is 0. The fourth-order valence-electron chi connectivity index (χ4n) is 5.05. The van der Waals surface area contributed by atoms with Crippen LogP contribution >= 0.6 is 0 Å². The van der Waals surface area contributed by atoms with Gasteiger partial charge in [-0.25, -0.2) is 0 Å². The summed E-state index contributed by atoms with van der Waals surface area (Å²) in [6.07, 6.45) is 0. The Labute approximate surface area is 144 Å². The van der Waals surface area contributed by atoms with Crippen molar-refractivity contribution in [2.45, 2.75) is 11.8 Å². The maximum absolute atomic E-state index is 13.0. The molecule has 0 unspecified atom stereocenters. The maximum atomic E-state index is 13.0. The van der Waals surface area contributed by atoms with Gasteiger partial charge >= 0.3 is 0 Å². The molecule has 2 aromatic carbocycles. The normalized spacial score (nSPS) is 28.6. The minimum absolute atomic E-state index is 0.142. The van der Waals surface area contributed by atoms with Crippen molar-refractivity contribution in [1.82, 2.24) is 4.90 Å². The molecule has 1 fully saturated rings. The Bertz CT molecular complexity index is 836. The number of rotatable bonds is 2. The molecule has 2 bridgehead atoms. The molecule has 124 valence electrons. The van der Waals surface area contributed by atoms with Crippen LogP contribution in [0.25, 0.3) is 0 Å². The Kier molecular flexibility index (Phi) is 2.76. The average Bonchev–Trinajstić information content (AvgIpc) is 2.87. The molecule has 3 aliphatic carbocycles. The van der Waals surface area contributed by atoms with Gasteiger partial charge in [-0.2, -0.15) is 0 Å². The van der Waals surface area contributed by atoms with E-state index in [1.165, 1.54) is 0 Å². The second-order valence-electron chi connectivity index (χ2n) is 6.99. The molecule has 0 radical (unpaired) electrons. The number of imide groups is 1. The van der Waals surface area contributed by atoms with E-state index in [4.69, 9.17) is 5.73 Å². The number of benzene rings is 2. The Morgan fingerprint density at radius 1 is 0.800 bits per heavy atom. The standard InChI is InChI=1S/C20H16N2O3/c21-14(23)9-22-19(24)17-15-10-5-1-2-6-11(10)16(18(17)20(22)25)13-8-4-3-7-12(13)15/h1-8,15-18H,9H2,(H2,21,23)/t15?,16?,17-,18+. The first-order chi connectivity index (χ1) is 12.1. The molecular formula is C20H16N2O3. The smallest absolute Gasteiger partial charge is 0.237 e. The third-order valence-electron chi connectivity index (χ3n) is 5.85. The van der Waals surface area contributed by atoms with Crippen LogP contribution in [0.2, 0.25) is 0 Å². The molecule has 2 aromatic rings. The Balaban J connectivity index is 1.74. The SMILES string of the molecule is NC(=O)CN1C(=O)[C@@H]2C3c4ccccc4C(c4ccccc43)[C@@H]2C1=O. The lowest BCUT2D eigenvalue weighted by molar-refractivity contribution is -0.143. The van der Waals surface area contributed by atoms with Gasteiger partial charge in [-0.3, -0.25) is 19.3 Å². The van der Waals surface area contributed by atoms with E-state index in [1.807, 2.05) is 48.5 Å². The zero-order valence-corrected chi connectivity index (χ0v) is 13.4. The molecule has 4 aliphatic rings. The number of likely N-dealkylation sites (tertiary alicyclic amines) is 1. The first-order valence-electron chi connectivity index (χ1n) is 8.40. The van der Waals surface area contributed by atoms with Crippen LogP contribution < -0.4 is 5.73 Å². The molecule has 25 heavy (non-hydrogen) atoms. The summed E-state index contributed by atoms with van der Waals surface area (Å²) in [5, 5.41) is 0. The summed E-state index contributed by atoms with van der Waals surface area (Å²) in [7, 11) is 0. The molecule has 2 atom stereocenters. The van der Waals surface area contributed by atoms with Crippen molar-refractivity contribution < 1.29 is 14.4 Å². The van der Waals surface area contributed by atoms with E-state index in [9.17, 15) is 14.4 Å². The minimum Gasteiger partial charge on any atom is -0.368 e. The first-order valence-corrected chi connectivity index (χ1v) is 8.40. The topological polar surface area (TPSA) is 80.5 Å². The molecular weight excluding hydrogens is 316 g/mol. The molecule has 0 aromatic heterocycles. The Hall–Kier alpha value is -2.95. The lowest BCUT2D eigenvalue weighted by Crippen LogP contribution is -2.41. The average molecular weight is 332 g/mol. The highest BCUT2D eigenvalue weighted by Crippen LogP contribution is 2.60. The molecule has 1 heterocycles. The molecule has 0 saturated carbocycles. The molecule has 6 rings (SSSR count). The number of amides is 3. The lowest BCUT2D eigenvalue weighted by atomic mass is 9.55. The van der Waals surface area contributed by atoms with Crippen molar-refractivity contribution >= 4 is 17.7 Å². The van der Waals surface area contributed by atoms with Gasteiger partial charge in [0.2, 0.25) is 17.7 Å². The molecule has 5 nitrogen and oxygen atoms in total. The van der Waals surface area contributed by atoms with Gasteiger partial charge in [0.1, 0.15) is 6.54 Å². The third kappa shape index (κ3) is 1.70. The van der Waals surface area contributed by atoms with E-state index in [1.54, 1.807) is 0 Å². The van der Waals surface area contributed by atoms with Gasteiger partial charge in [0.15, 0.2) is 0 Å². The summed E-state index contributed by atoms with van der Waals surface area (Å²) in [5.74, 6) is -2.37. The van der Waals surface area contributed by atoms with Crippen LogP contribution in [0.4, 0.5) is 0 Å². The van der Waals surface area contributed by atoms with E-state index in [0.29, 0.717) is 0 Å². The van der Waals surface area contributed by atoms with Crippen molar-refractivity contribution in [3.63, 3.8) is 0 Å². The van der Waals surface area contributed by atoms with E-state index in [2.05, 4.69) is 0 Å². The van der Waals surface area contributed by atoms with Crippen molar-refractivity contribution in [1.29, 1.82) is 0 Å². The Morgan fingerprint density at radius 2 is 1.16 bits per heavy atom. The van der Waals surface area contributed by atoms with Gasteiger partial charge in [0, 0.05) is 11.8 Å². The predicted molar refractivity (Wildman–Crippen MR) is 89.5 cm³/mol. The van der Waals surface area contributed by atoms with Crippen LogP contribution in [-0.4, -0.2) is 29.2 Å². The zero-order valence-electron chi connectivity index (χ0n) is 13.4. The highest BCUT2D eigenvalue weighted by Gasteiger charge is 2.61. The fourth-order valence-corrected chi connectivity index (χ4v) is 5.05. The molecule has 3 amide bonds. The van der Waals surface area contributed by atoms with Gasteiger partial charge in [-0.05, 0) is 22.3 Å². The summed E-state index contributed by atoms with van der Waals surface area (Å²) in [5.41, 5.74) is 9.73. The zero-order chi connectivity index (χ0) is 17.3. The van der Waals surface area contributed by atoms with Crippen LogP contribution in [0.15, 0.2) is 48.5 Å².